The Labute approximate surface area is 188 Å². The predicted octanol–water partition coefficient (Wildman–Crippen LogP) is 6.29. The summed E-state index contributed by atoms with van der Waals surface area (Å²) in [5.74, 6) is -0.0584. The van der Waals surface area contributed by atoms with Crippen molar-refractivity contribution in [1.29, 1.82) is 0 Å². The topological polar surface area (TPSA) is 46.6 Å². The molecule has 4 rings (SSSR count). The van der Waals surface area contributed by atoms with Crippen LogP contribution in [0.4, 0.5) is 9.18 Å². The third-order valence-electron chi connectivity index (χ3n) is 4.66. The molecule has 0 bridgehead atoms. The number of nitrogens with zero attached hydrogens (tertiary/aromatic N) is 1. The van der Waals surface area contributed by atoms with Crippen molar-refractivity contribution in [2.75, 3.05) is 0 Å². The molecular weight excluding hydrogens is 437 g/mol. The van der Waals surface area contributed by atoms with Gasteiger partial charge in [-0.3, -0.25) is 14.5 Å². The summed E-state index contributed by atoms with van der Waals surface area (Å²) in [6.07, 6.45) is 1.67. The highest BCUT2D eigenvalue weighted by molar-refractivity contribution is 8.18. The Morgan fingerprint density at radius 2 is 1.68 bits per heavy atom. The smallest absolute Gasteiger partial charge is 0.293 e. The summed E-state index contributed by atoms with van der Waals surface area (Å²) in [7, 11) is 0. The highest BCUT2D eigenvalue weighted by atomic mass is 35.5. The summed E-state index contributed by atoms with van der Waals surface area (Å²) in [6.45, 7) is 0.457. The molecule has 3 aromatic rings. The molecule has 1 aliphatic rings. The number of hydrogen-bond donors (Lipinski definition) is 0. The van der Waals surface area contributed by atoms with Gasteiger partial charge in [-0.15, -0.1) is 0 Å². The van der Waals surface area contributed by atoms with Gasteiger partial charge in [0.05, 0.1) is 11.4 Å². The van der Waals surface area contributed by atoms with Crippen molar-refractivity contribution >= 4 is 40.6 Å². The average Bonchev–Trinajstić information content (AvgIpc) is 3.03. The number of amides is 2. The van der Waals surface area contributed by atoms with Gasteiger partial charge in [0.25, 0.3) is 11.1 Å². The molecule has 0 saturated carbocycles. The summed E-state index contributed by atoms with van der Waals surface area (Å²) < 4.78 is 18.8. The maximum Gasteiger partial charge on any atom is 0.293 e. The fraction of sp³-hybridized carbons (Fsp3) is 0.0833. The first-order valence-corrected chi connectivity index (χ1v) is 10.6. The van der Waals surface area contributed by atoms with E-state index in [1.54, 1.807) is 30.3 Å². The third kappa shape index (κ3) is 5.16. The van der Waals surface area contributed by atoms with Crippen LogP contribution in [0.5, 0.6) is 5.75 Å². The van der Waals surface area contributed by atoms with Crippen molar-refractivity contribution in [3.8, 4) is 5.75 Å². The summed E-state index contributed by atoms with van der Waals surface area (Å²) in [4.78, 5) is 26.4. The van der Waals surface area contributed by atoms with Crippen LogP contribution in [0.25, 0.3) is 6.08 Å². The van der Waals surface area contributed by atoms with Crippen LogP contribution < -0.4 is 4.74 Å². The molecule has 7 heteroatoms. The molecule has 4 nitrogen and oxygen atoms in total. The van der Waals surface area contributed by atoms with E-state index in [4.69, 9.17) is 16.3 Å². The average molecular weight is 454 g/mol. The van der Waals surface area contributed by atoms with Gasteiger partial charge in [-0.1, -0.05) is 54.1 Å². The van der Waals surface area contributed by atoms with Crippen LogP contribution in [-0.2, 0) is 17.9 Å². The predicted molar refractivity (Wildman–Crippen MR) is 120 cm³/mol. The maximum absolute atomic E-state index is 13.1. The number of imide groups is 1. The Hall–Kier alpha value is -3.09. The van der Waals surface area contributed by atoms with Gasteiger partial charge in [0.15, 0.2) is 0 Å². The van der Waals surface area contributed by atoms with Gasteiger partial charge in [-0.05, 0) is 59.3 Å². The highest BCUT2D eigenvalue weighted by Crippen LogP contribution is 2.33. The van der Waals surface area contributed by atoms with Gasteiger partial charge in [0, 0.05) is 10.6 Å². The molecule has 0 spiro atoms. The molecule has 1 aliphatic heterocycles. The SMILES string of the molecule is O=C1S/C(=C/c2ccc(OCc3ccccc3Cl)cc2)C(=O)N1Cc1ccc(F)cc1. The molecule has 0 radical (unpaired) electrons. The van der Waals surface area contributed by atoms with Crippen molar-refractivity contribution in [3.05, 3.63) is 105 Å². The Morgan fingerprint density at radius 1 is 0.968 bits per heavy atom. The second kappa shape index (κ2) is 9.37. The highest BCUT2D eigenvalue weighted by Gasteiger charge is 2.34. The van der Waals surface area contributed by atoms with E-state index in [0.717, 1.165) is 27.8 Å². The molecule has 31 heavy (non-hydrogen) atoms. The number of ether oxygens (including phenoxy) is 1. The third-order valence-corrected chi connectivity index (χ3v) is 5.93. The molecule has 0 atom stereocenters. The molecule has 0 aliphatic carbocycles. The molecule has 2 amide bonds. The van der Waals surface area contributed by atoms with Crippen molar-refractivity contribution in [2.45, 2.75) is 13.2 Å². The first-order chi connectivity index (χ1) is 15.0. The van der Waals surface area contributed by atoms with Gasteiger partial charge in [-0.25, -0.2) is 4.39 Å². The number of benzene rings is 3. The van der Waals surface area contributed by atoms with Crippen molar-refractivity contribution in [3.63, 3.8) is 0 Å². The first kappa shape index (κ1) is 21.2. The van der Waals surface area contributed by atoms with E-state index >= 15 is 0 Å². The van der Waals surface area contributed by atoms with Gasteiger partial charge in [0.2, 0.25) is 0 Å². The van der Waals surface area contributed by atoms with Crippen LogP contribution in [0.15, 0.2) is 77.7 Å². The summed E-state index contributed by atoms with van der Waals surface area (Å²) in [5.41, 5.74) is 2.35. The molecule has 0 N–H and O–H groups in total. The Bertz CT molecular complexity index is 1150. The summed E-state index contributed by atoms with van der Waals surface area (Å²) in [5, 5.41) is 0.302. The number of carbonyl (C=O) groups is 2. The van der Waals surface area contributed by atoms with Crippen LogP contribution in [0.1, 0.15) is 16.7 Å². The Morgan fingerprint density at radius 3 is 2.39 bits per heavy atom. The molecule has 156 valence electrons. The van der Waals surface area contributed by atoms with E-state index in [0.29, 0.717) is 27.8 Å². The van der Waals surface area contributed by atoms with E-state index in [2.05, 4.69) is 0 Å². The monoisotopic (exact) mass is 453 g/mol. The first-order valence-electron chi connectivity index (χ1n) is 9.46. The quantitative estimate of drug-likeness (QED) is 0.411. The lowest BCUT2D eigenvalue weighted by molar-refractivity contribution is -0.123. The maximum atomic E-state index is 13.1. The molecule has 1 heterocycles. The minimum absolute atomic E-state index is 0.108. The Kier molecular flexibility index (Phi) is 6.39. The van der Waals surface area contributed by atoms with Gasteiger partial charge >= 0.3 is 0 Å². The van der Waals surface area contributed by atoms with Crippen molar-refractivity contribution in [1.82, 2.24) is 4.90 Å². The van der Waals surface area contributed by atoms with Crippen molar-refractivity contribution in [2.24, 2.45) is 0 Å². The molecule has 0 unspecified atom stereocenters. The second-order valence-corrected chi connectivity index (χ2v) is 8.24. The van der Waals surface area contributed by atoms with E-state index < -0.39 is 0 Å². The number of halogens is 2. The normalized spacial score (nSPS) is 15.0. The van der Waals surface area contributed by atoms with Crippen LogP contribution in [0, 0.1) is 5.82 Å². The fourth-order valence-electron chi connectivity index (χ4n) is 3.00. The van der Waals surface area contributed by atoms with Gasteiger partial charge in [0.1, 0.15) is 18.2 Å². The fourth-order valence-corrected chi connectivity index (χ4v) is 4.03. The van der Waals surface area contributed by atoms with Gasteiger partial charge < -0.3 is 4.74 Å². The zero-order chi connectivity index (χ0) is 21.8. The molecule has 0 aromatic heterocycles. The number of rotatable bonds is 6. The number of hydrogen-bond acceptors (Lipinski definition) is 4. The number of carbonyl (C=O) groups excluding carboxylic acids is 2. The lowest BCUT2D eigenvalue weighted by Crippen LogP contribution is -2.27. The largest absolute Gasteiger partial charge is 0.489 e. The van der Waals surface area contributed by atoms with Crippen molar-refractivity contribution < 1.29 is 18.7 Å². The second-order valence-electron chi connectivity index (χ2n) is 6.84. The molecule has 1 fully saturated rings. The molecular formula is C24H17ClFNO3S. The Balaban J connectivity index is 1.41. The minimum atomic E-state index is -0.364. The zero-order valence-corrected chi connectivity index (χ0v) is 17.8. The summed E-state index contributed by atoms with van der Waals surface area (Å²) in [6, 6.07) is 20.4. The number of thioether (sulfide) groups is 1. The van der Waals surface area contributed by atoms with Crippen LogP contribution in [-0.4, -0.2) is 16.0 Å². The minimum Gasteiger partial charge on any atom is -0.489 e. The van der Waals surface area contributed by atoms with Crippen LogP contribution in [0.2, 0.25) is 5.02 Å². The van der Waals surface area contributed by atoms with Gasteiger partial charge in [-0.2, -0.15) is 0 Å². The van der Waals surface area contributed by atoms with E-state index in [1.165, 1.54) is 12.1 Å². The zero-order valence-electron chi connectivity index (χ0n) is 16.3. The summed E-state index contributed by atoms with van der Waals surface area (Å²) >= 11 is 7.03. The van der Waals surface area contributed by atoms with Crippen LogP contribution >= 0.6 is 23.4 Å². The van der Waals surface area contributed by atoms with E-state index in [9.17, 15) is 14.0 Å². The standard InChI is InChI=1S/C24H17ClFNO3S/c25-21-4-2-1-3-18(21)15-30-20-11-7-16(8-12-20)13-22-23(28)27(24(29)31-22)14-17-5-9-19(26)10-6-17/h1-13H,14-15H2/b22-13+. The molecule has 1 saturated heterocycles. The van der Waals surface area contributed by atoms with E-state index in [1.807, 2.05) is 36.4 Å². The van der Waals surface area contributed by atoms with E-state index in [-0.39, 0.29) is 23.5 Å². The molecule has 3 aromatic carbocycles. The lowest BCUT2D eigenvalue weighted by atomic mass is 10.2. The lowest BCUT2D eigenvalue weighted by Gasteiger charge is -2.12. The van der Waals surface area contributed by atoms with Crippen LogP contribution in [0.3, 0.4) is 0 Å².